The molecule has 2 aliphatic heterocycles. The van der Waals surface area contributed by atoms with Crippen molar-refractivity contribution >= 4 is 93.4 Å². The van der Waals surface area contributed by atoms with Crippen molar-refractivity contribution in [2.45, 2.75) is 10.5 Å². The number of halogens is 4. The Hall–Kier alpha value is -4.44. The molecular formula is C41H39Cl4N9O3S2. The maximum atomic E-state index is 12.1. The van der Waals surface area contributed by atoms with Crippen LogP contribution in [0.1, 0.15) is 32.8 Å². The van der Waals surface area contributed by atoms with E-state index in [4.69, 9.17) is 67.1 Å². The third kappa shape index (κ3) is 9.33. The molecule has 6 heterocycles. The van der Waals surface area contributed by atoms with Crippen molar-refractivity contribution < 1.29 is 14.3 Å². The highest BCUT2D eigenvalue weighted by Gasteiger charge is 2.36. The van der Waals surface area contributed by atoms with Crippen LogP contribution in [0.3, 0.4) is 0 Å². The van der Waals surface area contributed by atoms with Gasteiger partial charge in [0.05, 0.1) is 35.5 Å². The molecule has 18 heteroatoms. The minimum atomic E-state index is -0.385. The fraction of sp³-hybridized carbons (Fsp3) is 0.268. The lowest BCUT2D eigenvalue weighted by Crippen LogP contribution is -2.36. The number of rotatable bonds is 8. The number of carbonyl (C=O) groups excluding carboxylic acids is 2. The lowest BCUT2D eigenvalue weighted by atomic mass is 10.0. The first-order chi connectivity index (χ1) is 28.4. The molecule has 59 heavy (non-hydrogen) atoms. The van der Waals surface area contributed by atoms with Crippen molar-refractivity contribution in [2.75, 3.05) is 54.6 Å². The molecule has 0 saturated heterocycles. The van der Waals surface area contributed by atoms with E-state index in [1.165, 1.54) is 7.11 Å². The number of thioether (sulfide) groups is 2. The van der Waals surface area contributed by atoms with Crippen molar-refractivity contribution in [1.29, 1.82) is 0 Å². The summed E-state index contributed by atoms with van der Waals surface area (Å²) in [5.74, 6) is 2.64. The van der Waals surface area contributed by atoms with Gasteiger partial charge in [-0.1, -0.05) is 70.7 Å². The summed E-state index contributed by atoms with van der Waals surface area (Å²) in [6.07, 6.45) is 3.49. The molecule has 0 aliphatic carbocycles. The number of amides is 1. The Kier molecular flexibility index (Phi) is 13.6. The van der Waals surface area contributed by atoms with E-state index in [1.807, 2.05) is 89.2 Å². The molecule has 12 nitrogen and oxygen atoms in total. The van der Waals surface area contributed by atoms with Gasteiger partial charge in [0.15, 0.2) is 0 Å². The first kappa shape index (κ1) is 42.7. The smallest absolute Gasteiger partial charge is 0.325 e. The fourth-order valence-electron chi connectivity index (χ4n) is 7.26. The normalized spacial score (nSPS) is 16.3. The Labute approximate surface area is 370 Å². The average molecular weight is 912 g/mol. The monoisotopic (exact) mass is 909 g/mol. The number of fused-ring (bicyclic) bond motifs is 2. The molecular weight excluding hydrogens is 872 g/mol. The van der Waals surface area contributed by atoms with Gasteiger partial charge in [-0.25, -0.2) is 0 Å². The van der Waals surface area contributed by atoms with Crippen LogP contribution in [0.25, 0.3) is 22.8 Å². The highest BCUT2D eigenvalue weighted by molar-refractivity contribution is 8.00. The Morgan fingerprint density at radius 1 is 0.712 bits per heavy atom. The average Bonchev–Trinajstić information content (AvgIpc) is 3.59. The van der Waals surface area contributed by atoms with Crippen molar-refractivity contribution in [1.82, 2.24) is 29.5 Å². The van der Waals surface area contributed by atoms with Gasteiger partial charge in [0.25, 0.3) is 0 Å². The van der Waals surface area contributed by atoms with Crippen LogP contribution < -0.4 is 15.5 Å². The minimum Gasteiger partial charge on any atom is -0.468 e. The maximum Gasteiger partial charge on any atom is 0.325 e. The van der Waals surface area contributed by atoms with Gasteiger partial charge in [-0.05, 0) is 59.7 Å². The van der Waals surface area contributed by atoms with Crippen LogP contribution in [0.2, 0.25) is 20.1 Å². The summed E-state index contributed by atoms with van der Waals surface area (Å²) in [7, 11) is 5.15. The lowest BCUT2D eigenvalue weighted by Gasteiger charge is -2.23. The van der Waals surface area contributed by atoms with Gasteiger partial charge in [0.1, 0.15) is 29.6 Å². The zero-order chi connectivity index (χ0) is 41.8. The second kappa shape index (κ2) is 18.9. The highest BCUT2D eigenvalue weighted by atomic mass is 35.5. The van der Waals surface area contributed by atoms with Gasteiger partial charge in [0, 0.05) is 82.3 Å². The number of ether oxygens (including phenoxy) is 1. The number of anilines is 2. The number of hydrogen-bond acceptors (Lipinski definition) is 11. The molecule has 6 aromatic rings. The Morgan fingerprint density at radius 2 is 1.17 bits per heavy atom. The van der Waals surface area contributed by atoms with Crippen LogP contribution in [0.5, 0.6) is 0 Å². The third-order valence-electron chi connectivity index (χ3n) is 9.72. The summed E-state index contributed by atoms with van der Waals surface area (Å²) in [4.78, 5) is 36.8. The number of nitrogens with zero attached hydrogens (tertiary/aromatic N) is 8. The summed E-state index contributed by atoms with van der Waals surface area (Å²) in [6, 6.07) is 22.6. The number of aromatic nitrogens is 6. The first-order valence-corrected chi connectivity index (χ1v) is 22.0. The van der Waals surface area contributed by atoms with Crippen LogP contribution in [-0.2, 0) is 28.4 Å². The van der Waals surface area contributed by atoms with E-state index in [9.17, 15) is 9.59 Å². The first-order valence-electron chi connectivity index (χ1n) is 18.4. The Morgan fingerprint density at radius 3 is 1.56 bits per heavy atom. The Bertz CT molecular complexity index is 2470. The quantitative estimate of drug-likeness (QED) is 0.147. The number of methoxy groups -OCH3 is 1. The van der Waals surface area contributed by atoms with E-state index < -0.39 is 0 Å². The van der Waals surface area contributed by atoms with Crippen molar-refractivity contribution in [2.24, 2.45) is 19.8 Å². The second-order valence-electron chi connectivity index (χ2n) is 13.6. The van der Waals surface area contributed by atoms with E-state index in [1.54, 1.807) is 52.7 Å². The maximum absolute atomic E-state index is 12.1. The molecule has 2 aliphatic rings. The third-order valence-corrected chi connectivity index (χ3v) is 13.3. The molecule has 0 radical (unpaired) electrons. The van der Waals surface area contributed by atoms with Crippen LogP contribution >= 0.6 is 69.9 Å². The van der Waals surface area contributed by atoms with Crippen molar-refractivity contribution in [3.05, 3.63) is 128 Å². The molecule has 0 saturated carbocycles. The summed E-state index contributed by atoms with van der Waals surface area (Å²) in [5, 5.41) is 11.8. The van der Waals surface area contributed by atoms with Gasteiger partial charge in [-0.3, -0.25) is 28.9 Å². The standard InChI is InChI=1S/C21H20Cl2N4O2S.C20H19Cl2N5OS/c1-26-21-18(19(25-26)16-5-3-4-8-24-16)20(14-7-6-13(22)11-15(14)23)30-10-9-27(21)12-17(28)29-2;1-26-20-17(18(25-26)15-4-2-3-7-24-15)19(13-6-5-12(21)10-14(13)22)29-9-8-27(20)11-16(23)28/h3-8,11,20H,9-10,12H2,1-2H3;2-7,10,19H,8-9,11H2,1H3,(H2,23,28). The number of esters is 1. The number of nitrogens with two attached hydrogens (primary N) is 1. The van der Waals surface area contributed by atoms with Crippen LogP contribution in [0, 0.1) is 0 Å². The van der Waals surface area contributed by atoms with Crippen LogP contribution in [-0.4, -0.2) is 86.2 Å². The number of carbonyl (C=O) groups is 2. The number of primary amides is 1. The lowest BCUT2D eigenvalue weighted by molar-refractivity contribution is -0.139. The number of pyridine rings is 2. The summed E-state index contributed by atoms with van der Waals surface area (Å²) in [5.41, 5.74) is 12.5. The number of benzene rings is 2. The summed E-state index contributed by atoms with van der Waals surface area (Å²) in [6.45, 7) is 1.61. The van der Waals surface area contributed by atoms with Crippen LogP contribution in [0.4, 0.5) is 11.6 Å². The van der Waals surface area contributed by atoms with Gasteiger partial charge in [-0.2, -0.15) is 10.2 Å². The van der Waals surface area contributed by atoms with Gasteiger partial charge in [-0.15, -0.1) is 23.5 Å². The zero-order valence-corrected chi connectivity index (χ0v) is 36.8. The molecule has 0 spiro atoms. The van der Waals surface area contributed by atoms with Crippen molar-refractivity contribution in [3.8, 4) is 22.8 Å². The molecule has 4 aromatic heterocycles. The van der Waals surface area contributed by atoms with E-state index >= 15 is 0 Å². The molecule has 1 amide bonds. The van der Waals surface area contributed by atoms with E-state index in [2.05, 4.69) is 9.97 Å². The van der Waals surface area contributed by atoms with E-state index in [-0.39, 0.29) is 35.5 Å². The van der Waals surface area contributed by atoms with Gasteiger partial charge < -0.3 is 20.3 Å². The molecule has 2 N–H and O–H groups in total. The zero-order valence-electron chi connectivity index (χ0n) is 32.2. The Balaban J connectivity index is 0.000000179. The topological polar surface area (TPSA) is 137 Å². The molecule has 0 fully saturated rings. The van der Waals surface area contributed by atoms with Crippen molar-refractivity contribution in [3.63, 3.8) is 0 Å². The second-order valence-corrected chi connectivity index (χ2v) is 17.7. The summed E-state index contributed by atoms with van der Waals surface area (Å²) >= 11 is 29.0. The fourth-order valence-corrected chi connectivity index (χ4v) is 11.1. The van der Waals surface area contributed by atoms with Crippen LogP contribution in [0.15, 0.2) is 85.2 Å². The number of hydrogen-bond donors (Lipinski definition) is 1. The van der Waals surface area contributed by atoms with Gasteiger partial charge in [0.2, 0.25) is 5.91 Å². The predicted octanol–water partition coefficient (Wildman–Crippen LogP) is 8.52. The largest absolute Gasteiger partial charge is 0.468 e. The van der Waals surface area contributed by atoms with E-state index in [0.29, 0.717) is 33.2 Å². The number of aryl methyl sites for hydroxylation is 2. The van der Waals surface area contributed by atoms with Gasteiger partial charge >= 0.3 is 5.97 Å². The molecule has 0 bridgehead atoms. The predicted molar refractivity (Wildman–Crippen MR) is 240 cm³/mol. The molecule has 2 aromatic carbocycles. The van der Waals surface area contributed by atoms with E-state index in [0.717, 1.165) is 68.2 Å². The highest BCUT2D eigenvalue weighted by Crippen LogP contribution is 2.50. The molecule has 2 atom stereocenters. The minimum absolute atomic E-state index is 0.0849. The molecule has 2 unspecified atom stereocenters. The molecule has 306 valence electrons. The molecule has 8 rings (SSSR count). The SMILES string of the molecule is COC(=O)CN1CCSC(c2ccc(Cl)cc2Cl)c2c(-c3ccccn3)nn(C)c21.Cn1nc(-c2ccccn2)c2c1N(CC(N)=O)CCSC2c1ccc(Cl)cc1Cl. The summed E-state index contributed by atoms with van der Waals surface area (Å²) < 4.78 is 8.53.